The van der Waals surface area contributed by atoms with E-state index in [1.807, 2.05) is 45.9 Å². The highest BCUT2D eigenvalue weighted by atomic mass is 32.2. The molecule has 0 fully saturated rings. The molecule has 0 spiro atoms. The molecule has 27 heavy (non-hydrogen) atoms. The number of hydrogen-bond acceptors (Lipinski definition) is 4. The third kappa shape index (κ3) is 4.70. The van der Waals surface area contributed by atoms with Gasteiger partial charge in [0.05, 0.1) is 11.6 Å². The van der Waals surface area contributed by atoms with Crippen LogP contribution in [0, 0.1) is 11.3 Å². The van der Waals surface area contributed by atoms with Crippen LogP contribution in [0.15, 0.2) is 41.3 Å². The van der Waals surface area contributed by atoms with Gasteiger partial charge >= 0.3 is 10.1 Å². The molecule has 0 radical (unpaired) electrons. The normalized spacial score (nSPS) is 11.9. The first-order valence-corrected chi connectivity index (χ1v) is 10.6. The van der Waals surface area contributed by atoms with Crippen LogP contribution in [0.3, 0.4) is 0 Å². The second-order valence-electron chi connectivity index (χ2n) is 7.67. The van der Waals surface area contributed by atoms with Gasteiger partial charge in [0, 0.05) is 0 Å². The standard InChI is InChI=1S/C22H27NO3S/c1-14(2)18-11-20(15(3)4)22(21(12-18)16(5)6)27(24,25)26-19-9-7-8-17(10-19)13-23/h7-12,14-16H,1-6H3. The van der Waals surface area contributed by atoms with E-state index in [1.54, 1.807) is 18.2 Å². The smallest absolute Gasteiger partial charge is 0.339 e. The Morgan fingerprint density at radius 1 is 0.889 bits per heavy atom. The molecule has 0 heterocycles. The first-order valence-electron chi connectivity index (χ1n) is 9.19. The fraction of sp³-hybridized carbons (Fsp3) is 0.409. The maximum absolute atomic E-state index is 13.2. The van der Waals surface area contributed by atoms with Crippen LogP contribution in [0.25, 0.3) is 0 Å². The van der Waals surface area contributed by atoms with Crippen molar-refractivity contribution in [1.29, 1.82) is 5.26 Å². The summed E-state index contributed by atoms with van der Waals surface area (Å²) in [4.78, 5) is 0.249. The highest BCUT2D eigenvalue weighted by molar-refractivity contribution is 7.87. The topological polar surface area (TPSA) is 67.2 Å². The molecule has 4 nitrogen and oxygen atoms in total. The molecule has 0 aromatic heterocycles. The van der Waals surface area contributed by atoms with Gasteiger partial charge in [-0.15, -0.1) is 0 Å². The minimum Gasteiger partial charge on any atom is -0.379 e. The summed E-state index contributed by atoms with van der Waals surface area (Å²) < 4.78 is 31.9. The van der Waals surface area contributed by atoms with Gasteiger partial charge in [0.2, 0.25) is 0 Å². The van der Waals surface area contributed by atoms with Gasteiger partial charge < -0.3 is 4.18 Å². The third-order valence-corrected chi connectivity index (χ3v) is 5.88. The van der Waals surface area contributed by atoms with Crippen molar-refractivity contribution >= 4 is 10.1 Å². The Labute approximate surface area is 162 Å². The zero-order chi connectivity index (χ0) is 20.4. The van der Waals surface area contributed by atoms with E-state index in [-0.39, 0.29) is 22.5 Å². The largest absolute Gasteiger partial charge is 0.379 e. The lowest BCUT2D eigenvalue weighted by Crippen LogP contribution is -2.17. The molecule has 0 saturated heterocycles. The van der Waals surface area contributed by atoms with Crippen molar-refractivity contribution in [3.63, 3.8) is 0 Å². The number of nitrogens with zero attached hydrogens (tertiary/aromatic N) is 1. The van der Waals surface area contributed by atoms with E-state index in [2.05, 4.69) is 13.8 Å². The van der Waals surface area contributed by atoms with E-state index in [9.17, 15) is 8.42 Å². The summed E-state index contributed by atoms with van der Waals surface area (Å²) in [5.74, 6) is 0.497. The summed E-state index contributed by atoms with van der Waals surface area (Å²) in [7, 11) is -4.04. The summed E-state index contributed by atoms with van der Waals surface area (Å²) in [6, 6.07) is 12.1. The second-order valence-corrected chi connectivity index (χ2v) is 9.15. The molecule has 2 rings (SSSR count). The molecule has 0 saturated carbocycles. The molecule has 0 aliphatic rings. The minimum absolute atomic E-state index is 0.0278. The summed E-state index contributed by atoms with van der Waals surface area (Å²) in [6.45, 7) is 12.1. The summed E-state index contributed by atoms with van der Waals surface area (Å²) in [5, 5.41) is 9.04. The molecule has 144 valence electrons. The van der Waals surface area contributed by atoms with E-state index < -0.39 is 10.1 Å². The molecule has 0 unspecified atom stereocenters. The Morgan fingerprint density at radius 2 is 1.44 bits per heavy atom. The van der Waals surface area contributed by atoms with Crippen molar-refractivity contribution in [2.45, 2.75) is 64.2 Å². The van der Waals surface area contributed by atoms with Gasteiger partial charge in [0.25, 0.3) is 0 Å². The molecule has 2 aromatic carbocycles. The number of hydrogen-bond donors (Lipinski definition) is 0. The molecule has 0 amide bonds. The number of rotatable bonds is 6. The third-order valence-electron chi connectivity index (χ3n) is 4.50. The van der Waals surface area contributed by atoms with Crippen molar-refractivity contribution in [3.8, 4) is 11.8 Å². The molecule has 5 heteroatoms. The molecule has 2 aromatic rings. The fourth-order valence-corrected chi connectivity index (χ4v) is 4.57. The Morgan fingerprint density at radius 3 is 1.89 bits per heavy atom. The van der Waals surface area contributed by atoms with Crippen LogP contribution in [0.2, 0.25) is 0 Å². The first-order chi connectivity index (χ1) is 12.6. The molecule has 0 bridgehead atoms. The Kier molecular flexibility index (Phi) is 6.33. The predicted octanol–water partition coefficient (Wildman–Crippen LogP) is 5.70. The van der Waals surface area contributed by atoms with Crippen molar-refractivity contribution < 1.29 is 12.6 Å². The molecular weight excluding hydrogens is 358 g/mol. The van der Waals surface area contributed by atoms with Gasteiger partial charge in [-0.3, -0.25) is 0 Å². The van der Waals surface area contributed by atoms with E-state index in [0.29, 0.717) is 11.5 Å². The fourth-order valence-electron chi connectivity index (χ4n) is 2.96. The van der Waals surface area contributed by atoms with Crippen molar-refractivity contribution in [2.24, 2.45) is 0 Å². The lowest BCUT2D eigenvalue weighted by atomic mass is 9.89. The highest BCUT2D eigenvalue weighted by Crippen LogP contribution is 2.36. The van der Waals surface area contributed by atoms with Gasteiger partial charge in [-0.25, -0.2) is 0 Å². The summed E-state index contributed by atoms with van der Waals surface area (Å²) >= 11 is 0. The zero-order valence-corrected chi connectivity index (χ0v) is 17.6. The minimum atomic E-state index is -4.04. The summed E-state index contributed by atoms with van der Waals surface area (Å²) in [6.07, 6.45) is 0. The Bertz CT molecular complexity index is 938. The second kappa shape index (κ2) is 8.14. The average Bonchev–Trinajstić information content (AvgIpc) is 2.60. The number of benzene rings is 2. The SMILES string of the molecule is CC(C)c1cc(C(C)C)c(S(=O)(=O)Oc2cccc(C#N)c2)c(C(C)C)c1. The predicted molar refractivity (Wildman–Crippen MR) is 108 cm³/mol. The van der Waals surface area contributed by atoms with E-state index in [4.69, 9.17) is 9.44 Å². The van der Waals surface area contributed by atoms with Gasteiger partial charge in [-0.2, -0.15) is 13.7 Å². The van der Waals surface area contributed by atoms with E-state index in [1.165, 1.54) is 6.07 Å². The Hall–Kier alpha value is -2.32. The lowest BCUT2D eigenvalue weighted by Gasteiger charge is -2.22. The lowest BCUT2D eigenvalue weighted by molar-refractivity contribution is 0.482. The van der Waals surface area contributed by atoms with Gasteiger partial charge in [0.1, 0.15) is 10.6 Å². The Balaban J connectivity index is 2.68. The number of nitriles is 1. The van der Waals surface area contributed by atoms with Gasteiger partial charge in [-0.05, 0) is 52.6 Å². The molecule has 0 atom stereocenters. The highest BCUT2D eigenvalue weighted by Gasteiger charge is 2.28. The van der Waals surface area contributed by atoms with Crippen LogP contribution in [0.1, 0.15) is 81.5 Å². The maximum atomic E-state index is 13.2. The summed E-state index contributed by atoms with van der Waals surface area (Å²) in [5.41, 5.74) is 3.00. The maximum Gasteiger partial charge on any atom is 0.339 e. The monoisotopic (exact) mass is 385 g/mol. The van der Waals surface area contributed by atoms with Crippen LogP contribution >= 0.6 is 0 Å². The van der Waals surface area contributed by atoms with Crippen LogP contribution in [0.4, 0.5) is 0 Å². The molecule has 0 N–H and O–H groups in total. The van der Waals surface area contributed by atoms with Crippen molar-refractivity contribution in [3.05, 3.63) is 58.7 Å². The van der Waals surface area contributed by atoms with Crippen LogP contribution in [-0.2, 0) is 10.1 Å². The molecular formula is C22H27NO3S. The van der Waals surface area contributed by atoms with Crippen LogP contribution in [-0.4, -0.2) is 8.42 Å². The average molecular weight is 386 g/mol. The van der Waals surface area contributed by atoms with E-state index >= 15 is 0 Å². The van der Waals surface area contributed by atoms with E-state index in [0.717, 1.165) is 16.7 Å². The van der Waals surface area contributed by atoms with Gasteiger partial charge in [0.15, 0.2) is 0 Å². The first kappa shape index (κ1) is 21.0. The van der Waals surface area contributed by atoms with Crippen LogP contribution in [0.5, 0.6) is 5.75 Å². The quantitative estimate of drug-likeness (QED) is 0.599. The molecule has 0 aliphatic heterocycles. The van der Waals surface area contributed by atoms with Crippen LogP contribution < -0.4 is 4.18 Å². The van der Waals surface area contributed by atoms with Crippen molar-refractivity contribution in [1.82, 2.24) is 0 Å². The zero-order valence-electron chi connectivity index (χ0n) is 16.8. The van der Waals surface area contributed by atoms with Crippen molar-refractivity contribution in [2.75, 3.05) is 0 Å². The molecule has 0 aliphatic carbocycles. The van der Waals surface area contributed by atoms with Gasteiger partial charge in [-0.1, -0.05) is 59.7 Å².